The van der Waals surface area contributed by atoms with Gasteiger partial charge in [-0.3, -0.25) is 9.36 Å². The summed E-state index contributed by atoms with van der Waals surface area (Å²) in [5.41, 5.74) is 0.742. The lowest BCUT2D eigenvalue weighted by Crippen LogP contribution is -2.11. The van der Waals surface area contributed by atoms with Crippen LogP contribution in [-0.2, 0) is 0 Å². The van der Waals surface area contributed by atoms with Gasteiger partial charge in [0.15, 0.2) is 16.6 Å². The first-order chi connectivity index (χ1) is 10.9. The number of nitrogens with zero attached hydrogens (tertiary/aromatic N) is 1. The van der Waals surface area contributed by atoms with Crippen LogP contribution in [0.2, 0.25) is 0 Å². The quantitative estimate of drug-likeness (QED) is 0.779. The van der Waals surface area contributed by atoms with Crippen LogP contribution in [-0.4, -0.2) is 22.2 Å². The van der Waals surface area contributed by atoms with Crippen LogP contribution in [0.25, 0.3) is 10.9 Å². The highest BCUT2D eigenvalue weighted by atomic mass is 32.1. The van der Waals surface area contributed by atoms with Crippen LogP contribution in [0.1, 0.15) is 15.4 Å². The number of hydrogen-bond acceptors (Lipinski definition) is 4. The second-order valence-electron chi connectivity index (χ2n) is 4.75. The largest absolute Gasteiger partial charge is 0.505 e. The van der Waals surface area contributed by atoms with Crippen LogP contribution in [0.4, 0.5) is 13.2 Å². The molecule has 2 heterocycles. The van der Waals surface area contributed by atoms with Gasteiger partial charge in [0.2, 0.25) is 0 Å². The fourth-order valence-corrected chi connectivity index (χ4v) is 3.12. The van der Waals surface area contributed by atoms with Gasteiger partial charge in [0.25, 0.3) is 5.91 Å². The first-order valence-electron chi connectivity index (χ1n) is 6.47. The first kappa shape index (κ1) is 15.4. The monoisotopic (exact) mass is 341 g/mol. The number of ether oxygens (including phenoxy) is 1. The Kier molecular flexibility index (Phi) is 3.77. The van der Waals surface area contributed by atoms with Crippen molar-refractivity contribution >= 4 is 28.1 Å². The van der Waals surface area contributed by atoms with Gasteiger partial charge in [-0.15, -0.1) is 0 Å². The van der Waals surface area contributed by atoms with Gasteiger partial charge < -0.3 is 9.84 Å². The molecule has 2 aromatic heterocycles. The fourth-order valence-electron chi connectivity index (χ4n) is 2.33. The van der Waals surface area contributed by atoms with Crippen molar-refractivity contribution in [2.24, 2.45) is 0 Å². The van der Waals surface area contributed by atoms with E-state index in [9.17, 15) is 23.1 Å². The van der Waals surface area contributed by atoms with E-state index in [1.807, 2.05) is 0 Å². The number of rotatable bonds is 3. The molecule has 0 bridgehead atoms. The van der Waals surface area contributed by atoms with E-state index in [-0.39, 0.29) is 20.8 Å². The number of halogens is 3. The van der Waals surface area contributed by atoms with Crippen molar-refractivity contribution in [3.63, 3.8) is 0 Å². The molecule has 4 nitrogen and oxygen atoms in total. The van der Waals surface area contributed by atoms with E-state index >= 15 is 0 Å². The number of carbonyl (C=O) groups excluding carboxylic acids is 1. The maximum absolute atomic E-state index is 13.9. The fraction of sp³-hybridized carbons (Fsp3) is 0.133. The number of carbonyl (C=O) groups is 1. The molecule has 0 saturated heterocycles. The highest BCUT2D eigenvalue weighted by Crippen LogP contribution is 2.31. The van der Waals surface area contributed by atoms with Crippen molar-refractivity contribution in [3.8, 4) is 10.8 Å². The highest BCUT2D eigenvalue weighted by molar-refractivity contribution is 7.15. The highest BCUT2D eigenvalue weighted by Gasteiger charge is 2.20. The maximum Gasteiger partial charge on any atom is 0.388 e. The Morgan fingerprint density at radius 3 is 2.74 bits per heavy atom. The first-order valence-corrected chi connectivity index (χ1v) is 7.29. The van der Waals surface area contributed by atoms with Crippen molar-refractivity contribution in [1.29, 1.82) is 0 Å². The molecule has 0 aliphatic carbocycles. The van der Waals surface area contributed by atoms with Gasteiger partial charge in [-0.2, -0.15) is 8.78 Å². The number of benzene rings is 1. The van der Waals surface area contributed by atoms with Crippen molar-refractivity contribution < 1.29 is 27.8 Å². The molecule has 0 aliphatic heterocycles. The lowest BCUT2D eigenvalue weighted by Gasteiger charge is -2.05. The molecular formula is C15H10F3NO3S. The molecule has 0 saturated carbocycles. The van der Waals surface area contributed by atoms with E-state index < -0.39 is 24.1 Å². The van der Waals surface area contributed by atoms with Gasteiger partial charge >= 0.3 is 6.61 Å². The predicted molar refractivity (Wildman–Crippen MR) is 79.0 cm³/mol. The average Bonchev–Trinajstić information content (AvgIpc) is 3.06. The minimum absolute atomic E-state index is 0.0821. The molecule has 120 valence electrons. The van der Waals surface area contributed by atoms with Crippen molar-refractivity contribution in [3.05, 3.63) is 46.7 Å². The number of aromatic hydroxyl groups is 1. The molecule has 0 amide bonds. The molecule has 1 N–H and O–H groups in total. The Balaban J connectivity index is 2.06. The number of aryl methyl sites for hydroxylation is 1. The van der Waals surface area contributed by atoms with E-state index in [1.165, 1.54) is 28.8 Å². The van der Waals surface area contributed by atoms with Gasteiger partial charge in [0.05, 0.1) is 10.4 Å². The molecule has 23 heavy (non-hydrogen) atoms. The topological polar surface area (TPSA) is 51.5 Å². The summed E-state index contributed by atoms with van der Waals surface area (Å²) >= 11 is 0.776. The SMILES string of the molecule is Cc1cc2c(F)c(O)ccc2n1C(=O)c1ccc(OC(F)F)s1. The van der Waals surface area contributed by atoms with Gasteiger partial charge in [0, 0.05) is 11.1 Å². The van der Waals surface area contributed by atoms with E-state index in [4.69, 9.17) is 0 Å². The summed E-state index contributed by atoms with van der Waals surface area (Å²) in [7, 11) is 0. The van der Waals surface area contributed by atoms with Crippen LogP contribution in [0.15, 0.2) is 30.3 Å². The third-order valence-electron chi connectivity index (χ3n) is 3.28. The second kappa shape index (κ2) is 5.62. The molecule has 0 unspecified atom stereocenters. The minimum atomic E-state index is -2.97. The second-order valence-corrected chi connectivity index (χ2v) is 5.80. The number of fused-ring (bicyclic) bond motifs is 1. The van der Waals surface area contributed by atoms with Crippen molar-refractivity contribution in [1.82, 2.24) is 4.57 Å². The number of phenols is 1. The summed E-state index contributed by atoms with van der Waals surface area (Å²) in [6.45, 7) is -1.36. The summed E-state index contributed by atoms with van der Waals surface area (Å²) < 4.78 is 43.8. The lowest BCUT2D eigenvalue weighted by molar-refractivity contribution is -0.0472. The summed E-state index contributed by atoms with van der Waals surface area (Å²) in [6.07, 6.45) is 0. The molecule has 0 fully saturated rings. The van der Waals surface area contributed by atoms with Gasteiger partial charge in [0.1, 0.15) is 0 Å². The summed E-state index contributed by atoms with van der Waals surface area (Å²) in [4.78, 5) is 12.8. The van der Waals surface area contributed by atoms with Crippen LogP contribution < -0.4 is 4.74 Å². The number of alkyl halides is 2. The summed E-state index contributed by atoms with van der Waals surface area (Å²) in [5, 5.41) is 9.43. The summed E-state index contributed by atoms with van der Waals surface area (Å²) in [6, 6.07) is 6.65. The van der Waals surface area contributed by atoms with E-state index in [0.717, 1.165) is 17.4 Å². The zero-order valence-corrected chi connectivity index (χ0v) is 12.5. The molecular weight excluding hydrogens is 331 g/mol. The molecule has 0 radical (unpaired) electrons. The van der Waals surface area contributed by atoms with Crippen LogP contribution in [0.3, 0.4) is 0 Å². The standard InChI is InChI=1S/C15H10F3NO3S/c1-7-6-8-9(2-3-10(20)13(8)16)19(7)14(21)11-4-5-12(23-11)22-15(17)18/h2-6,15,20H,1H3. The number of thiophene rings is 1. The van der Waals surface area contributed by atoms with Gasteiger partial charge in [-0.1, -0.05) is 11.3 Å². The number of phenolic OH excluding ortho intramolecular Hbond substituents is 1. The zero-order valence-electron chi connectivity index (χ0n) is 11.7. The van der Waals surface area contributed by atoms with Crippen molar-refractivity contribution in [2.75, 3.05) is 0 Å². The third-order valence-corrected chi connectivity index (χ3v) is 4.25. The molecule has 3 aromatic rings. The normalized spacial score (nSPS) is 11.3. The van der Waals surface area contributed by atoms with Crippen LogP contribution in [0.5, 0.6) is 10.8 Å². The molecule has 0 aliphatic rings. The minimum Gasteiger partial charge on any atom is -0.505 e. The lowest BCUT2D eigenvalue weighted by atomic mass is 10.2. The maximum atomic E-state index is 13.9. The van der Waals surface area contributed by atoms with Gasteiger partial charge in [-0.25, -0.2) is 4.39 Å². The Morgan fingerprint density at radius 2 is 2.04 bits per heavy atom. The molecule has 3 rings (SSSR count). The van der Waals surface area contributed by atoms with E-state index in [0.29, 0.717) is 5.69 Å². The predicted octanol–water partition coefficient (Wildman–Crippen LogP) is 4.15. The molecule has 8 heteroatoms. The van der Waals surface area contributed by atoms with E-state index in [2.05, 4.69) is 4.74 Å². The Labute approximate surface area is 132 Å². The Bertz CT molecular complexity index is 901. The zero-order chi connectivity index (χ0) is 16.7. The number of hydrogen-bond donors (Lipinski definition) is 1. The molecule has 1 aromatic carbocycles. The third kappa shape index (κ3) is 2.65. The Hall–Kier alpha value is -2.48. The molecule has 0 atom stereocenters. The smallest absolute Gasteiger partial charge is 0.388 e. The van der Waals surface area contributed by atoms with Crippen LogP contribution >= 0.6 is 11.3 Å². The Morgan fingerprint density at radius 1 is 1.30 bits per heavy atom. The average molecular weight is 341 g/mol. The summed E-state index contributed by atoms with van der Waals surface area (Å²) in [5.74, 6) is -1.81. The van der Waals surface area contributed by atoms with Crippen LogP contribution in [0, 0.1) is 12.7 Å². The van der Waals surface area contributed by atoms with E-state index in [1.54, 1.807) is 6.92 Å². The van der Waals surface area contributed by atoms with Gasteiger partial charge in [-0.05, 0) is 37.3 Å². The van der Waals surface area contributed by atoms with Crippen molar-refractivity contribution in [2.45, 2.75) is 13.5 Å². The molecule has 0 spiro atoms. The number of aromatic nitrogens is 1.